The van der Waals surface area contributed by atoms with Crippen LogP contribution in [0.2, 0.25) is 0 Å². The van der Waals surface area contributed by atoms with E-state index in [-0.39, 0.29) is 28.9 Å². The molecule has 3 aromatic carbocycles. The molecule has 0 heterocycles. The molecule has 0 aliphatic heterocycles. The summed E-state index contributed by atoms with van der Waals surface area (Å²) in [7, 11) is 1.49. The number of nitrogens with zero attached hydrogens (tertiary/aromatic N) is 1. The average molecular weight is 545 g/mol. The maximum atomic E-state index is 12.5. The highest BCUT2D eigenvalue weighted by Gasteiger charge is 2.26. The Morgan fingerprint density at radius 1 is 0.900 bits per heavy atom. The first-order valence-corrected chi connectivity index (χ1v) is 13.3. The summed E-state index contributed by atoms with van der Waals surface area (Å²) >= 11 is 0. The molecule has 0 spiro atoms. The second-order valence-electron chi connectivity index (χ2n) is 12.0. The molecule has 0 fully saturated rings. The number of carbonyl (C=O) groups is 2. The third kappa shape index (κ3) is 7.94. The Balaban J connectivity index is 1.63. The zero-order valence-corrected chi connectivity index (χ0v) is 24.7. The van der Waals surface area contributed by atoms with Crippen molar-refractivity contribution < 1.29 is 24.2 Å². The van der Waals surface area contributed by atoms with E-state index >= 15 is 0 Å². The van der Waals surface area contributed by atoms with Gasteiger partial charge in [0.15, 0.2) is 11.5 Å². The monoisotopic (exact) mass is 544 g/mol. The number of hydrazone groups is 1. The smallest absolute Gasteiger partial charge is 0.343 e. The highest BCUT2D eigenvalue weighted by atomic mass is 16.6. The quantitative estimate of drug-likeness (QED) is 0.144. The highest BCUT2D eigenvalue weighted by molar-refractivity contribution is 5.91. The number of amides is 1. The van der Waals surface area contributed by atoms with Gasteiger partial charge in [0.2, 0.25) is 5.91 Å². The second-order valence-corrected chi connectivity index (χ2v) is 12.0. The molecule has 0 aromatic heterocycles. The van der Waals surface area contributed by atoms with E-state index in [1.54, 1.807) is 30.3 Å². The lowest BCUT2D eigenvalue weighted by atomic mass is 9.78. The van der Waals surface area contributed by atoms with Crippen LogP contribution >= 0.6 is 0 Å². The van der Waals surface area contributed by atoms with Crippen molar-refractivity contribution in [1.29, 1.82) is 0 Å². The van der Waals surface area contributed by atoms with Crippen molar-refractivity contribution in [1.82, 2.24) is 5.43 Å². The molecule has 0 atom stereocenters. The van der Waals surface area contributed by atoms with Crippen LogP contribution in [0.1, 0.15) is 86.1 Å². The summed E-state index contributed by atoms with van der Waals surface area (Å²) in [5.74, 6) is 0.267. The number of hydrogen-bond donors (Lipinski definition) is 2. The number of ether oxygens (including phenoxy) is 2. The fourth-order valence-electron chi connectivity index (χ4n) is 4.17. The molecule has 3 rings (SSSR count). The van der Waals surface area contributed by atoms with Gasteiger partial charge in [-0.2, -0.15) is 5.10 Å². The molecule has 40 heavy (non-hydrogen) atoms. The second kappa shape index (κ2) is 12.4. The van der Waals surface area contributed by atoms with Gasteiger partial charge in [-0.05, 0) is 76.8 Å². The van der Waals surface area contributed by atoms with Gasteiger partial charge in [0.1, 0.15) is 5.75 Å². The van der Waals surface area contributed by atoms with Crippen LogP contribution in [0.3, 0.4) is 0 Å². The fourth-order valence-corrected chi connectivity index (χ4v) is 4.17. The van der Waals surface area contributed by atoms with Gasteiger partial charge < -0.3 is 14.6 Å². The molecule has 212 valence electrons. The molecule has 3 aromatic rings. The van der Waals surface area contributed by atoms with Crippen molar-refractivity contribution in [2.75, 3.05) is 7.11 Å². The number of carbonyl (C=O) groups excluding carboxylic acids is 2. The van der Waals surface area contributed by atoms with Crippen molar-refractivity contribution in [2.24, 2.45) is 5.10 Å². The maximum Gasteiger partial charge on any atom is 0.343 e. The van der Waals surface area contributed by atoms with E-state index in [1.165, 1.54) is 13.3 Å². The van der Waals surface area contributed by atoms with Gasteiger partial charge in [-0.25, -0.2) is 10.2 Å². The summed E-state index contributed by atoms with van der Waals surface area (Å²) in [5.41, 5.74) is 6.99. The van der Waals surface area contributed by atoms with E-state index < -0.39 is 5.97 Å². The van der Waals surface area contributed by atoms with Crippen LogP contribution < -0.4 is 14.9 Å². The summed E-state index contributed by atoms with van der Waals surface area (Å²) in [6, 6.07) is 16.1. The zero-order chi connectivity index (χ0) is 29.7. The lowest BCUT2D eigenvalue weighted by molar-refractivity contribution is -0.121. The summed E-state index contributed by atoms with van der Waals surface area (Å²) in [6.45, 7) is 14.3. The Labute approximate surface area is 237 Å². The molecule has 0 radical (unpaired) electrons. The van der Waals surface area contributed by atoms with Crippen LogP contribution in [0, 0.1) is 6.92 Å². The Hall–Kier alpha value is -4.13. The Morgan fingerprint density at radius 2 is 1.50 bits per heavy atom. The van der Waals surface area contributed by atoms with Gasteiger partial charge in [-0.15, -0.1) is 0 Å². The highest BCUT2D eigenvalue weighted by Crippen LogP contribution is 2.40. The van der Waals surface area contributed by atoms with Crippen LogP contribution in [0.5, 0.6) is 17.2 Å². The van der Waals surface area contributed by atoms with Crippen molar-refractivity contribution in [3.05, 3.63) is 88.0 Å². The van der Waals surface area contributed by atoms with Crippen LogP contribution in [-0.4, -0.2) is 30.3 Å². The van der Waals surface area contributed by atoms with E-state index in [2.05, 4.69) is 52.1 Å². The number of aryl methyl sites for hydroxylation is 2. The fraction of sp³-hybridized carbons (Fsp3) is 0.364. The van der Waals surface area contributed by atoms with Gasteiger partial charge in [-0.3, -0.25) is 4.79 Å². The van der Waals surface area contributed by atoms with Crippen molar-refractivity contribution in [3.8, 4) is 17.2 Å². The van der Waals surface area contributed by atoms with Gasteiger partial charge in [0.25, 0.3) is 0 Å². The van der Waals surface area contributed by atoms with E-state index in [9.17, 15) is 14.7 Å². The van der Waals surface area contributed by atoms with E-state index in [0.29, 0.717) is 29.0 Å². The SMILES string of the molecule is COc1cc(/C=N\NC(=O)CCc2cc(C(C)(C)C)c(O)c(C(C)(C)C)c2)ccc1OC(=O)c1ccc(C)cc1. The molecule has 2 N–H and O–H groups in total. The third-order valence-corrected chi connectivity index (χ3v) is 6.51. The maximum absolute atomic E-state index is 12.5. The number of phenols is 1. The predicted octanol–water partition coefficient (Wildman–Crippen LogP) is 6.61. The van der Waals surface area contributed by atoms with Gasteiger partial charge in [0, 0.05) is 6.42 Å². The number of phenolic OH excluding ortho intramolecular Hbond substituents is 1. The number of aromatic hydroxyl groups is 1. The van der Waals surface area contributed by atoms with Crippen LogP contribution in [0.15, 0.2) is 59.7 Å². The Bertz CT molecular complexity index is 1360. The minimum absolute atomic E-state index is 0.227. The number of hydrogen-bond acceptors (Lipinski definition) is 6. The number of esters is 1. The summed E-state index contributed by atoms with van der Waals surface area (Å²) in [6.07, 6.45) is 2.26. The minimum atomic E-state index is -0.482. The molecule has 0 saturated carbocycles. The molecule has 0 bridgehead atoms. The Morgan fingerprint density at radius 3 is 2.05 bits per heavy atom. The summed E-state index contributed by atoms with van der Waals surface area (Å²) < 4.78 is 10.9. The lowest BCUT2D eigenvalue weighted by Gasteiger charge is -2.28. The largest absolute Gasteiger partial charge is 0.507 e. The number of benzene rings is 3. The molecular formula is C33H40N2O5. The summed E-state index contributed by atoms with van der Waals surface area (Å²) in [5, 5.41) is 15.0. The molecule has 1 amide bonds. The van der Waals surface area contributed by atoms with E-state index in [4.69, 9.17) is 9.47 Å². The van der Waals surface area contributed by atoms with Crippen LogP contribution in [-0.2, 0) is 22.0 Å². The third-order valence-electron chi connectivity index (χ3n) is 6.51. The molecule has 0 unspecified atom stereocenters. The molecule has 0 saturated heterocycles. The predicted molar refractivity (Wildman–Crippen MR) is 159 cm³/mol. The Kier molecular flexibility index (Phi) is 9.40. The van der Waals surface area contributed by atoms with E-state index in [0.717, 1.165) is 22.3 Å². The molecular weight excluding hydrogens is 504 g/mol. The van der Waals surface area contributed by atoms with Crippen molar-refractivity contribution in [3.63, 3.8) is 0 Å². The van der Waals surface area contributed by atoms with Crippen molar-refractivity contribution in [2.45, 2.75) is 72.1 Å². The standard InChI is InChI=1S/C33H40N2O5/c1-21-9-13-24(14-10-21)31(38)40-27-15-11-23(19-28(27)39-8)20-34-35-29(36)16-12-22-17-25(32(2,3)4)30(37)26(18-22)33(5,6)7/h9-11,13-15,17-20,37H,12,16H2,1-8H3,(H,35,36)/b34-20-. The molecule has 7 heteroatoms. The number of nitrogens with one attached hydrogen (secondary N) is 1. The molecule has 0 aliphatic carbocycles. The van der Waals surface area contributed by atoms with Gasteiger partial charge in [0.05, 0.1) is 18.9 Å². The van der Waals surface area contributed by atoms with Gasteiger partial charge in [-0.1, -0.05) is 71.4 Å². The zero-order valence-electron chi connectivity index (χ0n) is 24.7. The van der Waals surface area contributed by atoms with Crippen molar-refractivity contribution >= 4 is 18.1 Å². The van der Waals surface area contributed by atoms with Crippen LogP contribution in [0.25, 0.3) is 0 Å². The van der Waals surface area contributed by atoms with Crippen LogP contribution in [0.4, 0.5) is 0 Å². The number of methoxy groups -OCH3 is 1. The first-order valence-electron chi connectivity index (χ1n) is 13.3. The average Bonchev–Trinajstić information content (AvgIpc) is 2.87. The number of rotatable bonds is 8. The first kappa shape index (κ1) is 30.4. The first-order chi connectivity index (χ1) is 18.7. The topological polar surface area (TPSA) is 97.2 Å². The molecule has 7 nitrogen and oxygen atoms in total. The lowest BCUT2D eigenvalue weighted by Crippen LogP contribution is -2.20. The summed E-state index contributed by atoms with van der Waals surface area (Å²) in [4.78, 5) is 25.0. The molecule has 0 aliphatic rings. The van der Waals surface area contributed by atoms with Gasteiger partial charge >= 0.3 is 5.97 Å². The van der Waals surface area contributed by atoms with E-state index in [1.807, 2.05) is 31.2 Å². The normalized spacial score (nSPS) is 11.9. The minimum Gasteiger partial charge on any atom is -0.507 e.